The molecule has 0 bridgehead atoms. The first-order valence-electron chi connectivity index (χ1n) is 7.03. The predicted octanol–water partition coefficient (Wildman–Crippen LogP) is 3.58. The molecule has 1 heterocycles. The van der Waals surface area contributed by atoms with Crippen molar-refractivity contribution in [2.24, 2.45) is 0 Å². The van der Waals surface area contributed by atoms with E-state index in [1.165, 1.54) is 5.56 Å². The first-order chi connectivity index (χ1) is 10.1. The van der Waals surface area contributed by atoms with Crippen LogP contribution in [0, 0.1) is 6.92 Å². The number of anilines is 1. The lowest BCUT2D eigenvalue weighted by molar-refractivity contribution is -0.118. The summed E-state index contributed by atoms with van der Waals surface area (Å²) in [4.78, 5) is 12.6. The molecule has 2 aromatic carbocycles. The Bertz CT molecular complexity index is 684. The quantitative estimate of drug-likeness (QED) is 0.874. The first kappa shape index (κ1) is 14.3. The Kier molecular flexibility index (Phi) is 4.08. The lowest BCUT2D eigenvalue weighted by Crippen LogP contribution is -2.38. The van der Waals surface area contributed by atoms with E-state index in [0.29, 0.717) is 0 Å². The number of amides is 1. The molecular formula is C17H17BrN2O. The molecule has 1 aliphatic rings. The minimum absolute atomic E-state index is 0.0200. The fourth-order valence-electron chi connectivity index (χ4n) is 2.68. The number of fused-ring (bicyclic) bond motifs is 1. The number of hydrogen-bond donors (Lipinski definition) is 2. The second-order valence-corrected chi connectivity index (χ2v) is 6.16. The average molecular weight is 345 g/mol. The van der Waals surface area contributed by atoms with Crippen molar-refractivity contribution in [3.63, 3.8) is 0 Å². The molecule has 3 nitrogen and oxygen atoms in total. The van der Waals surface area contributed by atoms with Crippen LogP contribution in [-0.2, 0) is 11.2 Å². The molecular weight excluding hydrogens is 328 g/mol. The molecule has 0 fully saturated rings. The van der Waals surface area contributed by atoms with E-state index in [1.807, 2.05) is 43.3 Å². The summed E-state index contributed by atoms with van der Waals surface area (Å²) in [5.41, 5.74) is 4.25. The number of carbonyl (C=O) groups excluding carboxylic acids is 1. The molecule has 21 heavy (non-hydrogen) atoms. The third-order valence-corrected chi connectivity index (χ3v) is 4.44. The Balaban J connectivity index is 1.85. The van der Waals surface area contributed by atoms with Gasteiger partial charge in [-0.15, -0.1) is 0 Å². The van der Waals surface area contributed by atoms with E-state index in [4.69, 9.17) is 0 Å². The van der Waals surface area contributed by atoms with Gasteiger partial charge in [0.1, 0.15) is 6.04 Å². The molecule has 1 amide bonds. The van der Waals surface area contributed by atoms with Crippen molar-refractivity contribution in [2.45, 2.75) is 19.4 Å². The molecule has 1 aliphatic heterocycles. The standard InChI is InChI=1S/C17H17BrN2O/c1-11-6-7-14(18)15(10-11)20-17(21)16-13-5-3-2-4-12(13)8-9-19-16/h2-7,10,16,19H,8-9H2,1H3,(H,20,21). The summed E-state index contributed by atoms with van der Waals surface area (Å²) in [7, 11) is 0. The molecule has 0 radical (unpaired) electrons. The fourth-order valence-corrected chi connectivity index (χ4v) is 3.02. The zero-order chi connectivity index (χ0) is 14.8. The average Bonchev–Trinajstić information content (AvgIpc) is 2.50. The highest BCUT2D eigenvalue weighted by molar-refractivity contribution is 9.10. The number of carbonyl (C=O) groups is 1. The van der Waals surface area contributed by atoms with Crippen molar-refractivity contribution in [3.05, 3.63) is 63.6 Å². The second-order valence-electron chi connectivity index (χ2n) is 5.31. The Morgan fingerprint density at radius 3 is 2.95 bits per heavy atom. The van der Waals surface area contributed by atoms with Gasteiger partial charge >= 0.3 is 0 Å². The van der Waals surface area contributed by atoms with Gasteiger partial charge < -0.3 is 10.6 Å². The molecule has 1 unspecified atom stereocenters. The van der Waals surface area contributed by atoms with Crippen LogP contribution in [0.2, 0.25) is 0 Å². The van der Waals surface area contributed by atoms with E-state index < -0.39 is 0 Å². The highest BCUT2D eigenvalue weighted by atomic mass is 79.9. The highest BCUT2D eigenvalue weighted by Crippen LogP contribution is 2.27. The molecule has 1 atom stereocenters. The van der Waals surface area contributed by atoms with Crippen LogP contribution in [0.5, 0.6) is 0 Å². The van der Waals surface area contributed by atoms with E-state index in [-0.39, 0.29) is 11.9 Å². The van der Waals surface area contributed by atoms with Gasteiger partial charge in [0.05, 0.1) is 5.69 Å². The number of benzene rings is 2. The van der Waals surface area contributed by atoms with E-state index in [9.17, 15) is 4.79 Å². The first-order valence-corrected chi connectivity index (χ1v) is 7.82. The van der Waals surface area contributed by atoms with Crippen molar-refractivity contribution in [3.8, 4) is 0 Å². The van der Waals surface area contributed by atoms with Gasteiger partial charge in [-0.1, -0.05) is 30.3 Å². The lowest BCUT2D eigenvalue weighted by Gasteiger charge is -2.26. The van der Waals surface area contributed by atoms with Crippen LogP contribution in [0.15, 0.2) is 46.9 Å². The largest absolute Gasteiger partial charge is 0.323 e. The summed E-state index contributed by atoms with van der Waals surface area (Å²) in [5, 5.41) is 6.32. The molecule has 2 aromatic rings. The van der Waals surface area contributed by atoms with Crippen molar-refractivity contribution in [1.29, 1.82) is 0 Å². The third kappa shape index (κ3) is 3.01. The normalized spacial score (nSPS) is 17.1. The van der Waals surface area contributed by atoms with Gasteiger partial charge in [0.15, 0.2) is 0 Å². The number of aryl methyl sites for hydroxylation is 1. The maximum absolute atomic E-state index is 12.6. The van der Waals surface area contributed by atoms with Crippen molar-refractivity contribution >= 4 is 27.5 Å². The zero-order valence-electron chi connectivity index (χ0n) is 11.8. The maximum atomic E-state index is 12.6. The predicted molar refractivity (Wildman–Crippen MR) is 88.4 cm³/mol. The molecule has 108 valence electrons. The van der Waals surface area contributed by atoms with Crippen LogP contribution in [0.3, 0.4) is 0 Å². The summed E-state index contributed by atoms with van der Waals surface area (Å²) < 4.78 is 0.894. The molecule has 4 heteroatoms. The summed E-state index contributed by atoms with van der Waals surface area (Å²) >= 11 is 3.48. The number of rotatable bonds is 2. The lowest BCUT2D eigenvalue weighted by atomic mass is 9.94. The minimum atomic E-state index is -0.289. The van der Waals surface area contributed by atoms with Crippen LogP contribution in [0.4, 0.5) is 5.69 Å². The molecule has 0 saturated carbocycles. The summed E-state index contributed by atoms with van der Waals surface area (Å²) in [6, 6.07) is 13.8. The van der Waals surface area contributed by atoms with E-state index in [0.717, 1.165) is 34.3 Å². The van der Waals surface area contributed by atoms with E-state index >= 15 is 0 Å². The SMILES string of the molecule is Cc1ccc(Br)c(NC(=O)C2NCCc3ccccc32)c1. The smallest absolute Gasteiger partial charge is 0.246 e. The number of nitrogens with one attached hydrogen (secondary N) is 2. The van der Waals surface area contributed by atoms with Crippen LogP contribution in [0.25, 0.3) is 0 Å². The molecule has 0 aliphatic carbocycles. The van der Waals surface area contributed by atoms with Crippen molar-refractivity contribution in [2.75, 3.05) is 11.9 Å². The van der Waals surface area contributed by atoms with Crippen molar-refractivity contribution in [1.82, 2.24) is 5.32 Å². The molecule has 0 saturated heterocycles. The Labute approximate surface area is 132 Å². The van der Waals surface area contributed by atoms with Gasteiger partial charge in [-0.2, -0.15) is 0 Å². The van der Waals surface area contributed by atoms with Gasteiger partial charge in [0.25, 0.3) is 0 Å². The van der Waals surface area contributed by atoms with Crippen LogP contribution in [-0.4, -0.2) is 12.5 Å². The van der Waals surface area contributed by atoms with Crippen LogP contribution < -0.4 is 10.6 Å². The molecule has 2 N–H and O–H groups in total. The Morgan fingerprint density at radius 1 is 1.29 bits per heavy atom. The van der Waals surface area contributed by atoms with Crippen LogP contribution in [0.1, 0.15) is 22.7 Å². The summed E-state index contributed by atoms with van der Waals surface area (Å²) in [6.07, 6.45) is 0.966. The fraction of sp³-hybridized carbons (Fsp3) is 0.235. The molecule has 3 rings (SSSR count). The second kappa shape index (κ2) is 6.00. The summed E-state index contributed by atoms with van der Waals surface area (Å²) in [5.74, 6) is -0.0200. The number of halogens is 1. The van der Waals surface area contributed by atoms with E-state index in [2.05, 4.69) is 32.6 Å². The van der Waals surface area contributed by atoms with Gasteiger partial charge in [-0.05, 0) is 58.1 Å². The molecule has 0 spiro atoms. The Morgan fingerprint density at radius 2 is 2.10 bits per heavy atom. The van der Waals surface area contributed by atoms with Gasteiger partial charge in [-0.3, -0.25) is 4.79 Å². The monoisotopic (exact) mass is 344 g/mol. The highest BCUT2D eigenvalue weighted by Gasteiger charge is 2.26. The number of hydrogen-bond acceptors (Lipinski definition) is 2. The van der Waals surface area contributed by atoms with E-state index in [1.54, 1.807) is 0 Å². The van der Waals surface area contributed by atoms with Crippen LogP contribution >= 0.6 is 15.9 Å². The zero-order valence-corrected chi connectivity index (χ0v) is 13.4. The van der Waals surface area contributed by atoms with Gasteiger partial charge in [0.2, 0.25) is 5.91 Å². The van der Waals surface area contributed by atoms with Gasteiger partial charge in [0, 0.05) is 11.0 Å². The minimum Gasteiger partial charge on any atom is -0.323 e. The maximum Gasteiger partial charge on any atom is 0.246 e. The summed E-state index contributed by atoms with van der Waals surface area (Å²) in [6.45, 7) is 2.83. The Hall–Kier alpha value is -1.65. The topological polar surface area (TPSA) is 41.1 Å². The van der Waals surface area contributed by atoms with Gasteiger partial charge in [-0.25, -0.2) is 0 Å². The van der Waals surface area contributed by atoms with Crippen molar-refractivity contribution < 1.29 is 4.79 Å². The molecule has 0 aromatic heterocycles. The third-order valence-electron chi connectivity index (χ3n) is 3.75.